The second-order valence-corrected chi connectivity index (χ2v) is 7.32. The zero-order valence-corrected chi connectivity index (χ0v) is 13.6. The number of aryl methyl sites for hydroxylation is 3. The van der Waals surface area contributed by atoms with E-state index < -0.39 is 10.0 Å². The van der Waals surface area contributed by atoms with E-state index in [2.05, 4.69) is 6.92 Å². The third kappa shape index (κ3) is 3.37. The van der Waals surface area contributed by atoms with E-state index in [1.54, 1.807) is 7.05 Å². The predicted molar refractivity (Wildman–Crippen MR) is 80.0 cm³/mol. The fraction of sp³-hybridized carbons (Fsp3) is 0.600. The van der Waals surface area contributed by atoms with E-state index in [9.17, 15) is 8.42 Å². The van der Waals surface area contributed by atoms with Gasteiger partial charge in [-0.05, 0) is 45.2 Å². The van der Waals surface area contributed by atoms with Gasteiger partial charge in [-0.1, -0.05) is 31.0 Å². The predicted octanol–water partition coefficient (Wildman–Crippen LogP) is 3.42. The minimum atomic E-state index is -3.41. The SMILES string of the molecule is CCC[C@@H](C)N(C)S(=O)(=O)c1c(C)cc(C)cc1C. The Bertz CT molecular complexity index is 526. The molecule has 0 spiro atoms. The van der Waals surface area contributed by atoms with E-state index in [0.717, 1.165) is 29.5 Å². The summed E-state index contributed by atoms with van der Waals surface area (Å²) < 4.78 is 27.0. The minimum absolute atomic E-state index is 0.0232. The van der Waals surface area contributed by atoms with E-state index in [4.69, 9.17) is 0 Å². The molecule has 0 saturated heterocycles. The van der Waals surface area contributed by atoms with Crippen molar-refractivity contribution < 1.29 is 8.42 Å². The highest BCUT2D eigenvalue weighted by Crippen LogP contribution is 2.26. The smallest absolute Gasteiger partial charge is 0.207 e. The Hall–Kier alpha value is -0.870. The second-order valence-electron chi connectivity index (χ2n) is 5.39. The molecule has 0 aliphatic heterocycles. The van der Waals surface area contributed by atoms with Crippen LogP contribution in [0.5, 0.6) is 0 Å². The van der Waals surface area contributed by atoms with Crippen molar-refractivity contribution in [2.75, 3.05) is 7.05 Å². The van der Waals surface area contributed by atoms with Gasteiger partial charge in [-0.15, -0.1) is 0 Å². The van der Waals surface area contributed by atoms with E-state index >= 15 is 0 Å². The molecule has 0 heterocycles. The molecule has 0 fully saturated rings. The van der Waals surface area contributed by atoms with Crippen LogP contribution in [-0.4, -0.2) is 25.8 Å². The lowest BCUT2D eigenvalue weighted by molar-refractivity contribution is 0.368. The van der Waals surface area contributed by atoms with Crippen LogP contribution in [0.1, 0.15) is 43.4 Å². The first-order valence-corrected chi connectivity index (χ1v) is 8.21. The maximum Gasteiger partial charge on any atom is 0.243 e. The molecule has 1 aromatic rings. The first-order chi connectivity index (χ1) is 8.71. The topological polar surface area (TPSA) is 37.4 Å². The zero-order valence-electron chi connectivity index (χ0n) is 12.8. The van der Waals surface area contributed by atoms with Gasteiger partial charge in [-0.25, -0.2) is 8.42 Å². The minimum Gasteiger partial charge on any atom is -0.207 e. The number of nitrogens with zero attached hydrogens (tertiary/aromatic N) is 1. The quantitative estimate of drug-likeness (QED) is 0.830. The Morgan fingerprint density at radius 3 is 2.05 bits per heavy atom. The standard InChI is InChI=1S/C15H25NO2S/c1-7-8-14(5)16(6)19(17,18)15-12(3)9-11(2)10-13(15)4/h9-10,14H,7-8H2,1-6H3/t14-/m1/s1. The van der Waals surface area contributed by atoms with E-state index in [-0.39, 0.29) is 6.04 Å². The van der Waals surface area contributed by atoms with Crippen molar-refractivity contribution in [1.82, 2.24) is 4.31 Å². The monoisotopic (exact) mass is 283 g/mol. The molecule has 3 nitrogen and oxygen atoms in total. The number of hydrogen-bond donors (Lipinski definition) is 0. The van der Waals surface area contributed by atoms with Crippen molar-refractivity contribution in [2.45, 2.75) is 58.4 Å². The molecule has 1 atom stereocenters. The van der Waals surface area contributed by atoms with Crippen LogP contribution in [0, 0.1) is 20.8 Å². The van der Waals surface area contributed by atoms with Gasteiger partial charge in [0.25, 0.3) is 0 Å². The van der Waals surface area contributed by atoms with Crippen LogP contribution in [0.25, 0.3) is 0 Å². The average molecular weight is 283 g/mol. The summed E-state index contributed by atoms with van der Waals surface area (Å²) in [7, 11) is -1.73. The molecule has 0 saturated carbocycles. The molecular weight excluding hydrogens is 258 g/mol. The zero-order chi connectivity index (χ0) is 14.8. The van der Waals surface area contributed by atoms with Crippen molar-refractivity contribution in [1.29, 1.82) is 0 Å². The van der Waals surface area contributed by atoms with Crippen molar-refractivity contribution in [3.05, 3.63) is 28.8 Å². The van der Waals surface area contributed by atoms with Gasteiger partial charge in [-0.3, -0.25) is 0 Å². The van der Waals surface area contributed by atoms with Gasteiger partial charge in [0.15, 0.2) is 0 Å². The first kappa shape index (κ1) is 16.2. The lowest BCUT2D eigenvalue weighted by Crippen LogP contribution is -2.35. The van der Waals surface area contributed by atoms with Crippen molar-refractivity contribution in [3.63, 3.8) is 0 Å². The van der Waals surface area contributed by atoms with Crippen LogP contribution < -0.4 is 0 Å². The molecule has 0 aromatic heterocycles. The van der Waals surface area contributed by atoms with Gasteiger partial charge < -0.3 is 0 Å². The molecule has 19 heavy (non-hydrogen) atoms. The Morgan fingerprint density at radius 2 is 1.63 bits per heavy atom. The van der Waals surface area contributed by atoms with Crippen LogP contribution in [0.2, 0.25) is 0 Å². The largest absolute Gasteiger partial charge is 0.243 e. The molecule has 0 unspecified atom stereocenters. The van der Waals surface area contributed by atoms with Crippen molar-refractivity contribution in [3.8, 4) is 0 Å². The van der Waals surface area contributed by atoms with Crippen molar-refractivity contribution in [2.24, 2.45) is 0 Å². The molecule has 4 heteroatoms. The van der Waals surface area contributed by atoms with Crippen LogP contribution in [0.3, 0.4) is 0 Å². The molecule has 0 aliphatic rings. The summed E-state index contributed by atoms with van der Waals surface area (Å²) in [6.07, 6.45) is 1.85. The van der Waals surface area contributed by atoms with E-state index in [0.29, 0.717) is 4.90 Å². The third-order valence-corrected chi connectivity index (χ3v) is 5.85. The lowest BCUT2D eigenvalue weighted by atomic mass is 10.1. The van der Waals surface area contributed by atoms with Crippen LogP contribution in [0.15, 0.2) is 17.0 Å². The molecule has 0 bridgehead atoms. The Kier molecular flexibility index (Phi) is 5.16. The number of rotatable bonds is 5. The molecule has 1 rings (SSSR count). The summed E-state index contributed by atoms with van der Waals surface area (Å²) in [5.74, 6) is 0. The molecule has 1 aromatic carbocycles. The molecule has 108 valence electrons. The van der Waals surface area contributed by atoms with Gasteiger partial charge in [0.2, 0.25) is 10.0 Å². The summed E-state index contributed by atoms with van der Waals surface area (Å²) in [6, 6.07) is 3.88. The molecular formula is C15H25NO2S. The maximum absolute atomic E-state index is 12.7. The van der Waals surface area contributed by atoms with Crippen LogP contribution in [0.4, 0.5) is 0 Å². The third-order valence-electron chi connectivity index (χ3n) is 3.57. The molecule has 0 aliphatic carbocycles. The summed E-state index contributed by atoms with van der Waals surface area (Å²) in [4.78, 5) is 0.462. The summed E-state index contributed by atoms with van der Waals surface area (Å²) in [6.45, 7) is 9.75. The van der Waals surface area contributed by atoms with Crippen LogP contribution >= 0.6 is 0 Å². The fourth-order valence-electron chi connectivity index (χ4n) is 2.55. The first-order valence-electron chi connectivity index (χ1n) is 6.77. The fourth-order valence-corrected chi connectivity index (χ4v) is 4.35. The second kappa shape index (κ2) is 6.06. The van der Waals surface area contributed by atoms with Crippen LogP contribution in [-0.2, 0) is 10.0 Å². The van der Waals surface area contributed by atoms with Gasteiger partial charge in [0, 0.05) is 13.1 Å². The lowest BCUT2D eigenvalue weighted by Gasteiger charge is -2.25. The van der Waals surface area contributed by atoms with E-state index in [1.165, 1.54) is 4.31 Å². The normalized spacial score (nSPS) is 13.8. The Morgan fingerprint density at radius 1 is 1.16 bits per heavy atom. The molecule has 0 N–H and O–H groups in total. The number of hydrogen-bond acceptors (Lipinski definition) is 2. The number of sulfonamides is 1. The summed E-state index contributed by atoms with van der Waals surface area (Å²) in [5, 5.41) is 0. The Labute approximate surface area is 117 Å². The maximum atomic E-state index is 12.7. The summed E-state index contributed by atoms with van der Waals surface area (Å²) >= 11 is 0. The van der Waals surface area contributed by atoms with Crippen molar-refractivity contribution >= 4 is 10.0 Å². The van der Waals surface area contributed by atoms with Gasteiger partial charge in [-0.2, -0.15) is 4.31 Å². The number of benzene rings is 1. The highest BCUT2D eigenvalue weighted by molar-refractivity contribution is 7.89. The van der Waals surface area contributed by atoms with E-state index in [1.807, 2.05) is 39.8 Å². The highest BCUT2D eigenvalue weighted by atomic mass is 32.2. The Balaban J connectivity index is 3.28. The summed E-state index contributed by atoms with van der Waals surface area (Å²) in [5.41, 5.74) is 2.75. The van der Waals surface area contributed by atoms with Gasteiger partial charge >= 0.3 is 0 Å². The van der Waals surface area contributed by atoms with Gasteiger partial charge in [0.1, 0.15) is 0 Å². The highest BCUT2D eigenvalue weighted by Gasteiger charge is 2.27. The molecule has 0 radical (unpaired) electrons. The average Bonchev–Trinajstić information content (AvgIpc) is 2.26. The molecule has 0 amide bonds. The van der Waals surface area contributed by atoms with Gasteiger partial charge in [0.05, 0.1) is 4.90 Å².